The van der Waals surface area contributed by atoms with E-state index in [0.717, 1.165) is 25.3 Å². The Kier molecular flexibility index (Phi) is 7.47. The Labute approximate surface area is 221 Å². The number of aromatic nitrogens is 1. The van der Waals surface area contributed by atoms with Crippen LogP contribution in [0.4, 0.5) is 23.7 Å². The number of aromatic amines is 1. The SMILES string of the molecule is CC(C)(C)OC(=O)N1CCCC[C@H](Nc2ccc(C(F)(F)F)c(-c3c[nH]c4c(Br)c(C#N)ccc34)c2)C1. The molecule has 1 atom stereocenters. The number of benzene rings is 2. The Morgan fingerprint density at radius 1 is 1.19 bits per heavy atom. The summed E-state index contributed by atoms with van der Waals surface area (Å²) in [6, 6.07) is 9.15. The Bertz CT molecular complexity index is 1350. The Morgan fingerprint density at radius 2 is 1.95 bits per heavy atom. The van der Waals surface area contributed by atoms with Gasteiger partial charge in [-0.1, -0.05) is 6.07 Å². The van der Waals surface area contributed by atoms with E-state index in [0.29, 0.717) is 45.3 Å². The molecule has 1 fully saturated rings. The van der Waals surface area contributed by atoms with Crippen LogP contribution in [0.3, 0.4) is 0 Å². The lowest BCUT2D eigenvalue weighted by molar-refractivity contribution is -0.137. The number of nitrogens with zero attached hydrogens (tertiary/aromatic N) is 2. The lowest BCUT2D eigenvalue weighted by atomic mass is 9.97. The molecular formula is C27H28BrF3N4O2. The van der Waals surface area contributed by atoms with Crippen molar-refractivity contribution in [1.29, 1.82) is 5.26 Å². The maximum absolute atomic E-state index is 14.0. The minimum atomic E-state index is -4.56. The van der Waals surface area contributed by atoms with Crippen molar-refractivity contribution in [3.63, 3.8) is 0 Å². The number of amides is 1. The van der Waals surface area contributed by atoms with Crippen LogP contribution < -0.4 is 5.32 Å². The topological polar surface area (TPSA) is 81.2 Å². The summed E-state index contributed by atoms with van der Waals surface area (Å²) in [4.78, 5) is 17.3. The zero-order valence-corrected chi connectivity index (χ0v) is 22.4. The number of rotatable bonds is 3. The Morgan fingerprint density at radius 3 is 2.62 bits per heavy atom. The zero-order valence-electron chi connectivity index (χ0n) is 20.8. The second-order valence-electron chi connectivity index (χ2n) is 10.2. The molecule has 196 valence electrons. The molecule has 0 unspecified atom stereocenters. The molecule has 6 nitrogen and oxygen atoms in total. The molecule has 10 heteroatoms. The number of carbonyl (C=O) groups is 1. The van der Waals surface area contributed by atoms with E-state index in [1.165, 1.54) is 18.3 Å². The number of nitrogens with one attached hydrogen (secondary N) is 2. The standard InChI is InChI=1S/C27H28BrF3N4O2/c1-26(2,3)37-25(36)35-11-5-4-6-18(15-35)34-17-8-10-22(27(29,30)31)20(12-17)21-14-33-24-19(21)9-7-16(13-32)23(24)28/h7-10,12,14,18,33-34H,4-6,11,15H2,1-3H3/t18-/m0/s1. The van der Waals surface area contributed by atoms with E-state index in [2.05, 4.69) is 32.3 Å². The van der Waals surface area contributed by atoms with Crippen molar-refractivity contribution in [2.45, 2.75) is 57.9 Å². The van der Waals surface area contributed by atoms with Crippen molar-refractivity contribution in [2.24, 2.45) is 0 Å². The third kappa shape index (κ3) is 6.04. The number of anilines is 1. The summed E-state index contributed by atoms with van der Waals surface area (Å²) in [6.07, 6.45) is -0.951. The van der Waals surface area contributed by atoms with Crippen LogP contribution in [0, 0.1) is 11.3 Å². The summed E-state index contributed by atoms with van der Waals surface area (Å²) in [5.74, 6) is 0. The van der Waals surface area contributed by atoms with E-state index in [4.69, 9.17) is 4.74 Å². The highest BCUT2D eigenvalue weighted by atomic mass is 79.9. The molecule has 1 aliphatic heterocycles. The van der Waals surface area contributed by atoms with E-state index in [1.54, 1.807) is 17.0 Å². The summed E-state index contributed by atoms with van der Waals surface area (Å²) >= 11 is 3.38. The first-order valence-corrected chi connectivity index (χ1v) is 12.8. The van der Waals surface area contributed by atoms with Gasteiger partial charge in [0.2, 0.25) is 0 Å². The molecule has 2 N–H and O–H groups in total. The van der Waals surface area contributed by atoms with Crippen LogP contribution in [0.5, 0.6) is 0 Å². The number of hydrogen-bond donors (Lipinski definition) is 2. The van der Waals surface area contributed by atoms with Gasteiger partial charge in [0.05, 0.1) is 21.1 Å². The van der Waals surface area contributed by atoms with E-state index >= 15 is 0 Å². The van der Waals surface area contributed by atoms with Crippen molar-refractivity contribution in [2.75, 3.05) is 18.4 Å². The molecule has 1 aliphatic rings. The van der Waals surface area contributed by atoms with E-state index in [-0.39, 0.29) is 11.6 Å². The monoisotopic (exact) mass is 576 g/mol. The summed E-state index contributed by atoms with van der Waals surface area (Å²) in [5.41, 5.74) is 0.506. The predicted molar refractivity (Wildman–Crippen MR) is 140 cm³/mol. The third-order valence-electron chi connectivity index (χ3n) is 6.22. The number of likely N-dealkylation sites (tertiary alicyclic amines) is 1. The molecule has 0 aliphatic carbocycles. The van der Waals surface area contributed by atoms with Crippen molar-refractivity contribution in [1.82, 2.24) is 9.88 Å². The molecule has 0 radical (unpaired) electrons. The fourth-order valence-electron chi connectivity index (χ4n) is 4.56. The van der Waals surface area contributed by atoms with Gasteiger partial charge in [-0.25, -0.2) is 4.79 Å². The van der Waals surface area contributed by atoms with Gasteiger partial charge in [0.15, 0.2) is 0 Å². The maximum Gasteiger partial charge on any atom is 0.417 e. The highest BCUT2D eigenvalue weighted by Crippen LogP contribution is 2.42. The molecule has 1 aromatic heterocycles. The van der Waals surface area contributed by atoms with Crippen molar-refractivity contribution in [3.05, 3.63) is 52.1 Å². The zero-order chi connectivity index (χ0) is 27.0. The van der Waals surface area contributed by atoms with Gasteiger partial charge in [-0.15, -0.1) is 0 Å². The summed E-state index contributed by atoms with van der Waals surface area (Å²) in [6.45, 7) is 6.40. The maximum atomic E-state index is 14.0. The molecule has 2 aromatic carbocycles. The van der Waals surface area contributed by atoms with Crippen LogP contribution >= 0.6 is 15.9 Å². The fourth-order valence-corrected chi connectivity index (χ4v) is 5.11. The van der Waals surface area contributed by atoms with Crippen LogP contribution in [0.1, 0.15) is 51.2 Å². The van der Waals surface area contributed by atoms with E-state index in [1.807, 2.05) is 20.8 Å². The Hall–Kier alpha value is -3.19. The predicted octanol–water partition coefficient (Wildman–Crippen LogP) is 7.69. The minimum absolute atomic E-state index is 0.0259. The minimum Gasteiger partial charge on any atom is -0.444 e. The molecule has 1 saturated heterocycles. The first-order valence-electron chi connectivity index (χ1n) is 12.0. The number of carbonyl (C=O) groups excluding carboxylic acids is 1. The smallest absolute Gasteiger partial charge is 0.417 e. The summed E-state index contributed by atoms with van der Waals surface area (Å²) in [7, 11) is 0. The molecule has 4 rings (SSSR count). The van der Waals surface area contributed by atoms with Crippen LogP contribution in [0.25, 0.3) is 22.0 Å². The van der Waals surface area contributed by atoms with Crippen molar-refractivity contribution < 1.29 is 22.7 Å². The molecule has 0 saturated carbocycles. The number of H-pyrrole nitrogens is 1. The molecule has 3 aromatic rings. The van der Waals surface area contributed by atoms with Crippen LogP contribution in [-0.2, 0) is 10.9 Å². The molecule has 1 amide bonds. The Balaban J connectivity index is 1.67. The number of ether oxygens (including phenoxy) is 1. The molecule has 2 heterocycles. The highest BCUT2D eigenvalue weighted by Gasteiger charge is 2.35. The largest absolute Gasteiger partial charge is 0.444 e. The number of hydrogen-bond acceptors (Lipinski definition) is 4. The van der Waals surface area contributed by atoms with Gasteiger partial charge in [0.1, 0.15) is 11.7 Å². The fraction of sp³-hybridized carbons (Fsp3) is 0.407. The number of alkyl halides is 3. The molecule has 0 bridgehead atoms. The van der Waals surface area contributed by atoms with Gasteiger partial charge in [0.25, 0.3) is 0 Å². The normalized spacial score (nSPS) is 16.8. The van der Waals surface area contributed by atoms with Gasteiger partial charge >= 0.3 is 12.3 Å². The van der Waals surface area contributed by atoms with Gasteiger partial charge in [-0.3, -0.25) is 0 Å². The third-order valence-corrected chi connectivity index (χ3v) is 7.05. The van der Waals surface area contributed by atoms with Crippen molar-refractivity contribution in [3.8, 4) is 17.2 Å². The van der Waals surface area contributed by atoms with E-state index < -0.39 is 23.4 Å². The van der Waals surface area contributed by atoms with Crippen LogP contribution in [0.15, 0.2) is 41.0 Å². The average molecular weight is 577 g/mol. The lowest BCUT2D eigenvalue weighted by Crippen LogP contribution is -2.42. The summed E-state index contributed by atoms with van der Waals surface area (Å²) in [5, 5.41) is 13.2. The molecule has 0 spiro atoms. The van der Waals surface area contributed by atoms with Crippen molar-refractivity contribution >= 4 is 38.6 Å². The quantitative estimate of drug-likeness (QED) is 0.335. The van der Waals surface area contributed by atoms with Crippen LogP contribution in [-0.4, -0.2) is 40.7 Å². The number of fused-ring (bicyclic) bond motifs is 1. The number of nitriles is 1. The first-order chi connectivity index (χ1) is 17.4. The average Bonchev–Trinajstić information content (AvgIpc) is 3.10. The van der Waals surface area contributed by atoms with Gasteiger partial charge in [0, 0.05) is 42.0 Å². The summed E-state index contributed by atoms with van der Waals surface area (Å²) < 4.78 is 48.1. The lowest BCUT2D eigenvalue weighted by Gasteiger charge is -2.29. The first kappa shape index (κ1) is 26.9. The number of halogens is 4. The van der Waals surface area contributed by atoms with E-state index in [9.17, 15) is 23.2 Å². The second kappa shape index (κ2) is 10.3. The van der Waals surface area contributed by atoms with Crippen LogP contribution in [0.2, 0.25) is 0 Å². The van der Waals surface area contributed by atoms with Gasteiger partial charge in [-0.05, 0) is 85.8 Å². The molecular weight excluding hydrogens is 549 g/mol. The van der Waals surface area contributed by atoms with Gasteiger partial charge < -0.3 is 19.9 Å². The van der Waals surface area contributed by atoms with Gasteiger partial charge in [-0.2, -0.15) is 18.4 Å². The highest BCUT2D eigenvalue weighted by molar-refractivity contribution is 9.10. The second-order valence-corrected chi connectivity index (χ2v) is 11.0. The molecule has 37 heavy (non-hydrogen) atoms.